The third kappa shape index (κ3) is 1.12. The number of nitrogens with zero attached hydrogens (tertiary/aromatic N) is 2. The van der Waals surface area contributed by atoms with Crippen LogP contribution in [-0.2, 0) is 0 Å². The van der Waals surface area contributed by atoms with Gasteiger partial charge in [0.05, 0.1) is 5.02 Å². The number of fused-ring (bicyclic) bond motifs is 1. The predicted molar refractivity (Wildman–Crippen MR) is 44.2 cm³/mol. The molecule has 2 rings (SSSR count). The summed E-state index contributed by atoms with van der Waals surface area (Å²) in [6.45, 7) is 0. The first kappa shape index (κ1) is 6.42. The normalized spacial score (nSPS) is 13.2. The van der Waals surface area contributed by atoms with Gasteiger partial charge in [0.1, 0.15) is 12.0 Å². The summed E-state index contributed by atoms with van der Waals surface area (Å²) in [6, 6.07) is 1.74. The SMILES string of the molecule is Clc1cnc2c(c1)N=CNN2. The molecule has 0 saturated heterocycles. The van der Waals surface area contributed by atoms with Crippen LogP contribution in [0.5, 0.6) is 0 Å². The minimum atomic E-state index is 0.588. The number of aliphatic imine (C=N–C) groups is 1. The van der Waals surface area contributed by atoms with Crippen LogP contribution in [0.15, 0.2) is 17.3 Å². The molecule has 4 nitrogen and oxygen atoms in total. The van der Waals surface area contributed by atoms with Crippen molar-refractivity contribution in [3.63, 3.8) is 0 Å². The van der Waals surface area contributed by atoms with Gasteiger partial charge in [0.2, 0.25) is 0 Å². The highest BCUT2D eigenvalue weighted by molar-refractivity contribution is 6.30. The lowest BCUT2D eigenvalue weighted by Gasteiger charge is -2.11. The Hall–Kier alpha value is -1.29. The Kier molecular flexibility index (Phi) is 1.40. The molecule has 5 heteroatoms. The third-order valence-electron chi connectivity index (χ3n) is 1.29. The van der Waals surface area contributed by atoms with Crippen LogP contribution in [0.2, 0.25) is 5.02 Å². The minimum Gasteiger partial charge on any atom is -0.289 e. The number of hydrazine groups is 1. The lowest BCUT2D eigenvalue weighted by atomic mass is 10.4. The Morgan fingerprint density at radius 1 is 1.45 bits per heavy atom. The van der Waals surface area contributed by atoms with Crippen molar-refractivity contribution in [2.24, 2.45) is 4.99 Å². The van der Waals surface area contributed by atoms with E-state index in [1.165, 1.54) is 0 Å². The van der Waals surface area contributed by atoms with E-state index < -0.39 is 0 Å². The van der Waals surface area contributed by atoms with E-state index in [1.54, 1.807) is 18.6 Å². The molecule has 1 aromatic heterocycles. The van der Waals surface area contributed by atoms with Crippen molar-refractivity contribution in [2.45, 2.75) is 0 Å². The molecule has 0 aliphatic carbocycles. The van der Waals surface area contributed by atoms with E-state index in [2.05, 4.69) is 20.8 Å². The first-order valence-corrected chi connectivity index (χ1v) is 3.44. The monoisotopic (exact) mass is 168 g/mol. The van der Waals surface area contributed by atoms with E-state index in [-0.39, 0.29) is 0 Å². The fraction of sp³-hybridized carbons (Fsp3) is 0. The lowest BCUT2D eigenvalue weighted by molar-refractivity contribution is 1.08. The van der Waals surface area contributed by atoms with Gasteiger partial charge in [-0.3, -0.25) is 10.9 Å². The van der Waals surface area contributed by atoms with Crippen LogP contribution in [0, 0.1) is 0 Å². The molecule has 0 saturated carbocycles. The van der Waals surface area contributed by atoms with Crippen LogP contribution in [0.4, 0.5) is 11.5 Å². The molecule has 0 atom stereocenters. The summed E-state index contributed by atoms with van der Waals surface area (Å²) < 4.78 is 0. The zero-order valence-electron chi connectivity index (χ0n) is 5.50. The van der Waals surface area contributed by atoms with E-state index in [4.69, 9.17) is 11.6 Å². The zero-order chi connectivity index (χ0) is 7.68. The van der Waals surface area contributed by atoms with Gasteiger partial charge in [-0.1, -0.05) is 11.6 Å². The first-order valence-electron chi connectivity index (χ1n) is 3.06. The van der Waals surface area contributed by atoms with Gasteiger partial charge < -0.3 is 0 Å². The molecule has 11 heavy (non-hydrogen) atoms. The van der Waals surface area contributed by atoms with E-state index in [0.29, 0.717) is 10.8 Å². The van der Waals surface area contributed by atoms with Crippen LogP contribution < -0.4 is 10.9 Å². The van der Waals surface area contributed by atoms with Gasteiger partial charge in [0, 0.05) is 6.20 Å². The standard InChI is InChI=1S/C6H5ClN4/c7-4-1-5-6(8-2-4)11-10-3-9-5/h1-3H,(H,8,11)(H,9,10). The Balaban J connectivity index is 2.54. The Morgan fingerprint density at radius 3 is 3.27 bits per heavy atom. The van der Waals surface area contributed by atoms with Gasteiger partial charge in [0.25, 0.3) is 0 Å². The maximum atomic E-state index is 5.69. The highest BCUT2D eigenvalue weighted by atomic mass is 35.5. The van der Waals surface area contributed by atoms with E-state index in [0.717, 1.165) is 5.69 Å². The van der Waals surface area contributed by atoms with E-state index in [9.17, 15) is 0 Å². The Labute approximate surface area is 68.3 Å². The van der Waals surface area contributed by atoms with E-state index >= 15 is 0 Å². The zero-order valence-corrected chi connectivity index (χ0v) is 6.26. The molecule has 56 valence electrons. The summed E-state index contributed by atoms with van der Waals surface area (Å²) >= 11 is 5.69. The van der Waals surface area contributed by atoms with Gasteiger partial charge >= 0.3 is 0 Å². The molecule has 0 fully saturated rings. The van der Waals surface area contributed by atoms with Crippen molar-refractivity contribution < 1.29 is 0 Å². The quantitative estimate of drug-likeness (QED) is 0.615. The largest absolute Gasteiger partial charge is 0.289 e. The number of nitrogens with one attached hydrogen (secondary N) is 2. The summed E-state index contributed by atoms with van der Waals surface area (Å²) in [5.74, 6) is 0.692. The smallest absolute Gasteiger partial charge is 0.170 e. The van der Waals surface area contributed by atoms with Crippen molar-refractivity contribution in [1.82, 2.24) is 10.4 Å². The molecule has 1 aromatic rings. The second kappa shape index (κ2) is 2.39. The summed E-state index contributed by atoms with van der Waals surface area (Å²) in [6.07, 6.45) is 3.11. The number of rotatable bonds is 0. The molecule has 0 bridgehead atoms. The number of anilines is 1. The summed E-state index contributed by atoms with van der Waals surface area (Å²) in [5.41, 5.74) is 6.28. The van der Waals surface area contributed by atoms with Crippen molar-refractivity contribution in [2.75, 3.05) is 5.43 Å². The summed E-state index contributed by atoms with van der Waals surface area (Å²) in [7, 11) is 0. The number of halogens is 1. The molecule has 0 amide bonds. The van der Waals surface area contributed by atoms with Crippen LogP contribution in [-0.4, -0.2) is 11.3 Å². The average Bonchev–Trinajstić information content (AvgIpc) is 2.04. The molecule has 1 aliphatic heterocycles. The fourth-order valence-corrected chi connectivity index (χ4v) is 0.978. The minimum absolute atomic E-state index is 0.588. The highest BCUT2D eigenvalue weighted by Gasteiger charge is 2.04. The summed E-state index contributed by atoms with van der Waals surface area (Å²) in [5, 5.41) is 0.588. The first-order chi connectivity index (χ1) is 5.36. The van der Waals surface area contributed by atoms with Crippen LogP contribution in [0.3, 0.4) is 0 Å². The lowest BCUT2D eigenvalue weighted by Crippen LogP contribution is -2.22. The molecule has 2 N–H and O–H groups in total. The van der Waals surface area contributed by atoms with Crippen molar-refractivity contribution in [3.8, 4) is 0 Å². The molecule has 0 radical (unpaired) electrons. The number of hydrogen-bond donors (Lipinski definition) is 2. The topological polar surface area (TPSA) is 49.3 Å². The number of pyridine rings is 1. The van der Waals surface area contributed by atoms with Crippen LogP contribution in [0.25, 0.3) is 0 Å². The van der Waals surface area contributed by atoms with Crippen LogP contribution in [0.1, 0.15) is 0 Å². The van der Waals surface area contributed by atoms with Crippen molar-refractivity contribution in [3.05, 3.63) is 17.3 Å². The fourth-order valence-electron chi connectivity index (χ4n) is 0.826. The van der Waals surface area contributed by atoms with E-state index in [1.807, 2.05) is 0 Å². The van der Waals surface area contributed by atoms with Gasteiger partial charge in [-0.15, -0.1) is 0 Å². The second-order valence-electron chi connectivity index (χ2n) is 2.05. The molecule has 0 spiro atoms. The van der Waals surface area contributed by atoms with Crippen LogP contribution >= 0.6 is 11.6 Å². The summed E-state index contributed by atoms with van der Waals surface area (Å²) in [4.78, 5) is 8.01. The number of hydrogen-bond acceptors (Lipinski definition) is 4. The molecule has 2 heterocycles. The molecule has 0 unspecified atom stereocenters. The molecule has 0 aromatic carbocycles. The molecular weight excluding hydrogens is 164 g/mol. The van der Waals surface area contributed by atoms with Gasteiger partial charge in [0.15, 0.2) is 5.82 Å². The Bertz CT molecular complexity index is 309. The average molecular weight is 169 g/mol. The van der Waals surface area contributed by atoms with Crippen molar-refractivity contribution >= 4 is 29.4 Å². The van der Waals surface area contributed by atoms with Gasteiger partial charge in [-0.2, -0.15) is 0 Å². The molecular formula is C6H5ClN4. The highest BCUT2D eigenvalue weighted by Crippen LogP contribution is 2.25. The van der Waals surface area contributed by atoms with Crippen molar-refractivity contribution in [1.29, 1.82) is 0 Å². The third-order valence-corrected chi connectivity index (χ3v) is 1.50. The van der Waals surface area contributed by atoms with Gasteiger partial charge in [-0.05, 0) is 6.07 Å². The molecule has 1 aliphatic rings. The maximum absolute atomic E-state index is 5.69. The second-order valence-corrected chi connectivity index (χ2v) is 2.49. The van der Waals surface area contributed by atoms with Gasteiger partial charge in [-0.25, -0.2) is 9.98 Å². The number of aromatic nitrogens is 1. The maximum Gasteiger partial charge on any atom is 0.170 e. The predicted octanol–water partition coefficient (Wildman–Crippen LogP) is 1.32. The Morgan fingerprint density at radius 2 is 2.36 bits per heavy atom.